The van der Waals surface area contributed by atoms with Gasteiger partial charge in [0.15, 0.2) is 0 Å². The lowest BCUT2D eigenvalue weighted by Crippen LogP contribution is -2.57. The molecule has 0 saturated carbocycles. The van der Waals surface area contributed by atoms with Gasteiger partial charge in [0.25, 0.3) is 5.91 Å². The van der Waals surface area contributed by atoms with Crippen LogP contribution in [0.5, 0.6) is 0 Å². The summed E-state index contributed by atoms with van der Waals surface area (Å²) in [5.74, 6) is -0.0992. The lowest BCUT2D eigenvalue weighted by atomic mass is 9.83. The Balaban J connectivity index is 1.66. The highest BCUT2D eigenvalue weighted by Crippen LogP contribution is 2.32. The van der Waals surface area contributed by atoms with Crippen molar-refractivity contribution in [3.05, 3.63) is 18.0 Å². The summed E-state index contributed by atoms with van der Waals surface area (Å²) in [5, 5.41) is 3.53. The zero-order valence-electron chi connectivity index (χ0n) is 14.8. The highest BCUT2D eigenvalue weighted by Gasteiger charge is 2.40. The summed E-state index contributed by atoms with van der Waals surface area (Å²) < 4.78 is 31.5. The third-order valence-electron chi connectivity index (χ3n) is 5.25. The number of likely N-dealkylation sites (tertiary alicyclic amines) is 2. The van der Waals surface area contributed by atoms with Gasteiger partial charge in [-0.15, -0.1) is 0 Å². The van der Waals surface area contributed by atoms with E-state index in [9.17, 15) is 18.4 Å². The van der Waals surface area contributed by atoms with Gasteiger partial charge in [0.05, 0.1) is 0 Å². The Labute approximate surface area is 150 Å². The zero-order chi connectivity index (χ0) is 18.7. The van der Waals surface area contributed by atoms with Crippen molar-refractivity contribution in [1.82, 2.24) is 19.6 Å². The van der Waals surface area contributed by atoms with Gasteiger partial charge in [-0.1, -0.05) is 0 Å². The van der Waals surface area contributed by atoms with Crippen molar-refractivity contribution in [3.8, 4) is 0 Å². The summed E-state index contributed by atoms with van der Waals surface area (Å²) >= 11 is 0. The van der Waals surface area contributed by atoms with Crippen LogP contribution in [0.25, 0.3) is 0 Å². The van der Waals surface area contributed by atoms with E-state index in [1.54, 1.807) is 12.0 Å². The standard InChI is InChI=1S/C17H24F2N4O3/c1-26-10-2-8-22-13-6-9-21(11-12(13)3-4-15(22)24)16(25)14-5-7-20-23(14)17(18)19/h5,7,12-13,17H,2-4,6,8-11H2,1H3/t12-,13+/m0/s1. The Morgan fingerprint density at radius 2 is 2.23 bits per heavy atom. The van der Waals surface area contributed by atoms with Crippen LogP contribution in [0.1, 0.15) is 42.7 Å². The van der Waals surface area contributed by atoms with Gasteiger partial charge < -0.3 is 14.5 Å². The Hall–Kier alpha value is -2.03. The number of hydrogen-bond acceptors (Lipinski definition) is 4. The number of alkyl halides is 2. The fourth-order valence-electron chi connectivity index (χ4n) is 4.01. The molecular formula is C17H24F2N4O3. The summed E-state index contributed by atoms with van der Waals surface area (Å²) in [6.07, 6.45) is 3.84. The van der Waals surface area contributed by atoms with Crippen molar-refractivity contribution in [2.24, 2.45) is 5.92 Å². The number of carbonyl (C=O) groups is 2. The monoisotopic (exact) mass is 370 g/mol. The molecular weight excluding hydrogens is 346 g/mol. The van der Waals surface area contributed by atoms with Gasteiger partial charge in [0, 0.05) is 52.0 Å². The van der Waals surface area contributed by atoms with Gasteiger partial charge in [-0.3, -0.25) is 9.59 Å². The normalized spacial score (nSPS) is 23.5. The summed E-state index contributed by atoms with van der Waals surface area (Å²) in [7, 11) is 1.63. The molecule has 1 aromatic heterocycles. The van der Waals surface area contributed by atoms with E-state index in [-0.39, 0.29) is 23.6 Å². The smallest absolute Gasteiger partial charge is 0.333 e. The minimum atomic E-state index is -2.84. The second-order valence-electron chi connectivity index (χ2n) is 6.78. The Bertz CT molecular complexity index is 652. The lowest BCUT2D eigenvalue weighted by molar-refractivity contribution is -0.140. The number of amides is 2. The quantitative estimate of drug-likeness (QED) is 0.716. The molecule has 0 N–H and O–H groups in total. The number of hydrogen-bond donors (Lipinski definition) is 0. The second-order valence-corrected chi connectivity index (χ2v) is 6.78. The predicted octanol–water partition coefficient (Wildman–Crippen LogP) is 1.77. The molecule has 9 heteroatoms. The van der Waals surface area contributed by atoms with E-state index in [1.807, 2.05) is 4.90 Å². The fraction of sp³-hybridized carbons (Fsp3) is 0.706. The second kappa shape index (κ2) is 8.11. The number of ether oxygens (including phenoxy) is 1. The van der Waals surface area contributed by atoms with Gasteiger partial charge in [0.1, 0.15) is 5.69 Å². The Morgan fingerprint density at radius 1 is 1.42 bits per heavy atom. The molecule has 0 radical (unpaired) electrons. The van der Waals surface area contributed by atoms with Crippen molar-refractivity contribution >= 4 is 11.8 Å². The van der Waals surface area contributed by atoms with E-state index in [2.05, 4.69) is 5.10 Å². The molecule has 2 amide bonds. The number of aromatic nitrogens is 2. The number of rotatable bonds is 6. The molecule has 2 aliphatic rings. The third-order valence-corrected chi connectivity index (χ3v) is 5.25. The summed E-state index contributed by atoms with van der Waals surface area (Å²) in [5.41, 5.74) is -0.0951. The van der Waals surface area contributed by atoms with Gasteiger partial charge in [-0.25, -0.2) is 0 Å². The Morgan fingerprint density at radius 3 is 2.96 bits per heavy atom. The van der Waals surface area contributed by atoms with E-state index < -0.39 is 12.5 Å². The largest absolute Gasteiger partial charge is 0.385 e. The first-order chi connectivity index (χ1) is 12.5. The maximum atomic E-state index is 13.0. The number of halogens is 2. The van der Waals surface area contributed by atoms with Gasteiger partial charge >= 0.3 is 6.55 Å². The maximum absolute atomic E-state index is 13.0. The molecule has 144 valence electrons. The summed E-state index contributed by atoms with van der Waals surface area (Å²) in [4.78, 5) is 28.5. The van der Waals surface area contributed by atoms with Crippen molar-refractivity contribution in [2.75, 3.05) is 33.4 Å². The van der Waals surface area contributed by atoms with Crippen LogP contribution in [-0.2, 0) is 9.53 Å². The molecule has 2 saturated heterocycles. The summed E-state index contributed by atoms with van der Waals surface area (Å²) in [6.45, 7) is -0.664. The molecule has 0 aromatic carbocycles. The van der Waals surface area contributed by atoms with E-state index in [1.165, 1.54) is 12.3 Å². The van der Waals surface area contributed by atoms with Crippen molar-refractivity contribution in [1.29, 1.82) is 0 Å². The first-order valence-electron chi connectivity index (χ1n) is 8.92. The van der Waals surface area contributed by atoms with Crippen LogP contribution in [0.15, 0.2) is 12.3 Å². The van der Waals surface area contributed by atoms with E-state index in [0.717, 1.165) is 12.8 Å². The van der Waals surface area contributed by atoms with Crippen molar-refractivity contribution in [2.45, 2.75) is 38.3 Å². The predicted molar refractivity (Wildman–Crippen MR) is 88.7 cm³/mol. The Kier molecular flexibility index (Phi) is 5.85. The average molecular weight is 370 g/mol. The van der Waals surface area contributed by atoms with Crippen LogP contribution in [0.4, 0.5) is 8.78 Å². The molecule has 26 heavy (non-hydrogen) atoms. The highest BCUT2D eigenvalue weighted by molar-refractivity contribution is 5.92. The van der Waals surface area contributed by atoms with E-state index >= 15 is 0 Å². The first-order valence-corrected chi connectivity index (χ1v) is 8.92. The molecule has 2 atom stereocenters. The minimum Gasteiger partial charge on any atom is -0.385 e. The average Bonchev–Trinajstić information content (AvgIpc) is 3.12. The molecule has 0 unspecified atom stereocenters. The van der Waals surface area contributed by atoms with Crippen molar-refractivity contribution < 1.29 is 23.1 Å². The van der Waals surface area contributed by atoms with Gasteiger partial charge in [-0.2, -0.15) is 18.6 Å². The number of fused-ring (bicyclic) bond motifs is 1. The van der Waals surface area contributed by atoms with Crippen molar-refractivity contribution in [3.63, 3.8) is 0 Å². The van der Waals surface area contributed by atoms with Crippen LogP contribution in [-0.4, -0.2) is 70.8 Å². The first kappa shape index (κ1) is 18.8. The number of methoxy groups -OCH3 is 1. The van der Waals surface area contributed by atoms with Crippen LogP contribution in [0.2, 0.25) is 0 Å². The number of piperidine rings is 2. The van der Waals surface area contributed by atoms with E-state index in [4.69, 9.17) is 4.74 Å². The summed E-state index contributed by atoms with van der Waals surface area (Å²) in [6, 6.07) is 1.43. The van der Waals surface area contributed by atoms with Crippen LogP contribution >= 0.6 is 0 Å². The van der Waals surface area contributed by atoms with Gasteiger partial charge in [-0.05, 0) is 31.2 Å². The SMILES string of the molecule is COCCCN1C(=O)CC[C@H]2CN(C(=O)c3ccnn3C(F)F)CC[C@H]21. The highest BCUT2D eigenvalue weighted by atomic mass is 19.3. The zero-order valence-corrected chi connectivity index (χ0v) is 14.8. The molecule has 7 nitrogen and oxygen atoms in total. The molecule has 0 aliphatic carbocycles. The molecule has 3 heterocycles. The number of carbonyl (C=O) groups excluding carboxylic acids is 2. The molecule has 2 fully saturated rings. The van der Waals surface area contributed by atoms with Crippen LogP contribution in [0, 0.1) is 5.92 Å². The molecule has 0 bridgehead atoms. The lowest BCUT2D eigenvalue weighted by Gasteiger charge is -2.47. The van der Waals surface area contributed by atoms with Crippen LogP contribution in [0.3, 0.4) is 0 Å². The molecule has 0 spiro atoms. The van der Waals surface area contributed by atoms with Gasteiger partial charge in [0.2, 0.25) is 5.91 Å². The molecule has 2 aliphatic heterocycles. The maximum Gasteiger partial charge on any atom is 0.333 e. The fourth-order valence-corrected chi connectivity index (χ4v) is 4.01. The minimum absolute atomic E-state index is 0.0951. The molecule has 1 aromatic rings. The topological polar surface area (TPSA) is 67.7 Å². The van der Waals surface area contributed by atoms with Crippen LogP contribution < -0.4 is 0 Å². The van der Waals surface area contributed by atoms with E-state index in [0.29, 0.717) is 43.8 Å². The number of nitrogens with zero attached hydrogens (tertiary/aromatic N) is 4. The molecule has 3 rings (SSSR count). The third kappa shape index (κ3) is 3.72.